The van der Waals surface area contributed by atoms with Gasteiger partial charge in [-0.2, -0.15) is 0 Å². The van der Waals surface area contributed by atoms with Gasteiger partial charge in [-0.25, -0.2) is 0 Å². The molecule has 2 aliphatic heterocycles. The average molecular weight is 319 g/mol. The second kappa shape index (κ2) is 5.45. The first-order chi connectivity index (χ1) is 11.8. The van der Waals surface area contributed by atoms with E-state index in [1.807, 2.05) is 36.4 Å². The summed E-state index contributed by atoms with van der Waals surface area (Å²) in [5.74, 6) is 0.470. The Hall–Kier alpha value is -2.13. The van der Waals surface area contributed by atoms with Crippen molar-refractivity contribution in [1.82, 2.24) is 5.32 Å². The van der Waals surface area contributed by atoms with E-state index >= 15 is 0 Å². The molecule has 122 valence electrons. The van der Waals surface area contributed by atoms with Crippen LogP contribution < -0.4 is 5.32 Å². The van der Waals surface area contributed by atoms with Crippen molar-refractivity contribution in [2.45, 2.75) is 44.2 Å². The van der Waals surface area contributed by atoms with E-state index in [1.165, 1.54) is 19.3 Å². The van der Waals surface area contributed by atoms with Gasteiger partial charge in [0.1, 0.15) is 11.2 Å². The number of hydrogen-bond donors (Lipinski definition) is 1. The highest BCUT2D eigenvalue weighted by Gasteiger charge is 2.34. The average Bonchev–Trinajstić information content (AvgIpc) is 2.98. The van der Waals surface area contributed by atoms with E-state index in [0.717, 1.165) is 40.3 Å². The summed E-state index contributed by atoms with van der Waals surface area (Å²) in [6.45, 7) is 0. The Morgan fingerprint density at radius 2 is 1.71 bits per heavy atom. The fraction of sp³-hybridized carbons (Fsp3) is 0.381. The molecule has 2 saturated heterocycles. The third-order valence-electron chi connectivity index (χ3n) is 5.75. The van der Waals surface area contributed by atoms with Crippen LogP contribution in [-0.4, -0.2) is 17.9 Å². The number of Topliss-reactive ketones (excluding diaryl/α,β-unsaturated/α-hetero) is 1. The van der Waals surface area contributed by atoms with E-state index in [2.05, 4.69) is 11.4 Å². The van der Waals surface area contributed by atoms with Crippen molar-refractivity contribution >= 4 is 27.7 Å². The summed E-state index contributed by atoms with van der Waals surface area (Å²) in [5, 5.41) is 5.81. The van der Waals surface area contributed by atoms with Crippen LogP contribution in [0, 0.1) is 5.92 Å². The Kier molecular flexibility index (Phi) is 3.23. The van der Waals surface area contributed by atoms with Crippen molar-refractivity contribution in [3.8, 4) is 0 Å². The maximum Gasteiger partial charge on any atom is 0.166 e. The van der Waals surface area contributed by atoms with Gasteiger partial charge < -0.3 is 9.73 Å². The van der Waals surface area contributed by atoms with Gasteiger partial charge in [0.2, 0.25) is 0 Å². The number of fused-ring (bicyclic) bond motifs is 5. The number of hydrogen-bond acceptors (Lipinski definition) is 3. The van der Waals surface area contributed by atoms with Gasteiger partial charge in [-0.15, -0.1) is 0 Å². The number of ketones is 1. The number of benzene rings is 2. The highest BCUT2D eigenvalue weighted by Crippen LogP contribution is 2.34. The van der Waals surface area contributed by atoms with E-state index in [-0.39, 0.29) is 5.92 Å². The molecule has 2 atom stereocenters. The minimum atomic E-state index is 0.164. The predicted molar refractivity (Wildman–Crippen MR) is 95.3 cm³/mol. The molecule has 3 heterocycles. The lowest BCUT2D eigenvalue weighted by Crippen LogP contribution is -2.50. The van der Waals surface area contributed by atoms with Crippen LogP contribution >= 0.6 is 0 Å². The first kappa shape index (κ1) is 14.2. The molecular weight excluding hydrogens is 298 g/mol. The van der Waals surface area contributed by atoms with Crippen molar-refractivity contribution in [2.24, 2.45) is 5.92 Å². The molecule has 1 N–H and O–H groups in total. The summed E-state index contributed by atoms with van der Waals surface area (Å²) < 4.78 is 5.87. The molecule has 0 aliphatic carbocycles. The lowest BCUT2D eigenvalue weighted by molar-refractivity contribution is 0.0825. The molecule has 0 spiro atoms. The van der Waals surface area contributed by atoms with Crippen molar-refractivity contribution in [3.63, 3.8) is 0 Å². The monoisotopic (exact) mass is 319 g/mol. The molecule has 5 rings (SSSR count). The number of rotatable bonds is 2. The number of piperidine rings is 2. The van der Waals surface area contributed by atoms with Crippen molar-refractivity contribution < 1.29 is 9.21 Å². The fourth-order valence-corrected chi connectivity index (χ4v) is 4.59. The van der Waals surface area contributed by atoms with E-state index in [1.54, 1.807) is 0 Å². The van der Waals surface area contributed by atoms with Crippen LogP contribution in [0.25, 0.3) is 21.9 Å². The Morgan fingerprint density at radius 1 is 0.958 bits per heavy atom. The molecule has 0 radical (unpaired) electrons. The quantitative estimate of drug-likeness (QED) is 0.697. The summed E-state index contributed by atoms with van der Waals surface area (Å²) in [5.41, 5.74) is 2.57. The van der Waals surface area contributed by atoms with E-state index in [0.29, 0.717) is 17.9 Å². The molecule has 0 saturated carbocycles. The van der Waals surface area contributed by atoms with Crippen LogP contribution in [0.3, 0.4) is 0 Å². The van der Waals surface area contributed by atoms with Crippen LogP contribution in [0.1, 0.15) is 42.5 Å². The van der Waals surface area contributed by atoms with Crippen LogP contribution in [0.15, 0.2) is 46.9 Å². The third-order valence-corrected chi connectivity index (χ3v) is 5.75. The zero-order valence-corrected chi connectivity index (χ0v) is 13.6. The summed E-state index contributed by atoms with van der Waals surface area (Å²) in [4.78, 5) is 13.1. The first-order valence-corrected chi connectivity index (χ1v) is 8.99. The zero-order valence-electron chi connectivity index (χ0n) is 13.6. The summed E-state index contributed by atoms with van der Waals surface area (Å²) in [6, 6.07) is 15.0. The predicted octanol–water partition coefficient (Wildman–Crippen LogP) is 4.69. The summed E-state index contributed by atoms with van der Waals surface area (Å²) >= 11 is 0. The number of nitrogens with one attached hydrogen (secondary N) is 1. The number of furan rings is 1. The van der Waals surface area contributed by atoms with Gasteiger partial charge in [0.25, 0.3) is 0 Å². The normalized spacial score (nSPS) is 26.8. The van der Waals surface area contributed by atoms with Crippen molar-refractivity contribution in [1.29, 1.82) is 0 Å². The van der Waals surface area contributed by atoms with Gasteiger partial charge in [0.15, 0.2) is 5.78 Å². The van der Waals surface area contributed by atoms with Gasteiger partial charge in [0, 0.05) is 34.3 Å². The largest absolute Gasteiger partial charge is 0.456 e. The van der Waals surface area contributed by atoms with Crippen molar-refractivity contribution in [2.75, 3.05) is 0 Å². The van der Waals surface area contributed by atoms with E-state index < -0.39 is 0 Å². The number of carbonyl (C=O) groups excluding carboxylic acids is 1. The molecule has 24 heavy (non-hydrogen) atoms. The molecule has 3 heteroatoms. The molecule has 3 nitrogen and oxygen atoms in total. The minimum Gasteiger partial charge on any atom is -0.456 e. The highest BCUT2D eigenvalue weighted by molar-refractivity contribution is 6.08. The summed E-state index contributed by atoms with van der Waals surface area (Å²) in [6.07, 6.45) is 5.70. The topological polar surface area (TPSA) is 42.2 Å². The van der Waals surface area contributed by atoms with Crippen LogP contribution in [0.5, 0.6) is 0 Å². The standard InChI is InChI=1S/C21H21NO2/c23-21(14-10-15-4-3-5-16(11-14)22-15)13-8-9-20-18(12-13)17-6-1-2-7-19(17)24-20/h1-2,6-9,12,14-16,22H,3-5,10-11H2. The second-order valence-electron chi connectivity index (χ2n) is 7.33. The molecule has 2 aliphatic rings. The molecular formula is C21H21NO2. The van der Waals surface area contributed by atoms with Crippen LogP contribution in [0.4, 0.5) is 0 Å². The smallest absolute Gasteiger partial charge is 0.166 e. The molecule has 1 aromatic heterocycles. The third kappa shape index (κ3) is 2.27. The minimum absolute atomic E-state index is 0.164. The van der Waals surface area contributed by atoms with Gasteiger partial charge in [-0.1, -0.05) is 24.6 Å². The molecule has 2 fully saturated rings. The second-order valence-corrected chi connectivity index (χ2v) is 7.33. The lowest BCUT2D eigenvalue weighted by atomic mass is 9.77. The van der Waals surface area contributed by atoms with Crippen LogP contribution in [0.2, 0.25) is 0 Å². The molecule has 2 unspecified atom stereocenters. The number of carbonyl (C=O) groups is 1. The van der Waals surface area contributed by atoms with Gasteiger partial charge in [-0.05, 0) is 49.9 Å². The van der Waals surface area contributed by atoms with Gasteiger partial charge >= 0.3 is 0 Å². The Morgan fingerprint density at radius 3 is 2.54 bits per heavy atom. The van der Waals surface area contributed by atoms with Gasteiger partial charge in [0.05, 0.1) is 0 Å². The van der Waals surface area contributed by atoms with Gasteiger partial charge in [-0.3, -0.25) is 4.79 Å². The van der Waals surface area contributed by atoms with Crippen molar-refractivity contribution in [3.05, 3.63) is 48.0 Å². The maximum absolute atomic E-state index is 13.1. The number of para-hydroxylation sites is 1. The Bertz CT molecular complexity index is 914. The first-order valence-electron chi connectivity index (χ1n) is 8.99. The van der Waals surface area contributed by atoms with Crippen LogP contribution in [-0.2, 0) is 0 Å². The molecule has 2 bridgehead atoms. The molecule has 2 aromatic carbocycles. The maximum atomic E-state index is 13.1. The zero-order chi connectivity index (χ0) is 16.1. The Labute approximate surface area is 141 Å². The Balaban J connectivity index is 1.51. The van der Waals surface area contributed by atoms with E-state index in [9.17, 15) is 4.79 Å². The molecule has 3 aromatic rings. The SMILES string of the molecule is O=C(c1ccc2oc3ccccc3c2c1)C1CC2CCCC(C1)N2. The highest BCUT2D eigenvalue weighted by atomic mass is 16.3. The fourth-order valence-electron chi connectivity index (χ4n) is 4.59. The lowest BCUT2D eigenvalue weighted by Gasteiger charge is -2.39. The van der Waals surface area contributed by atoms with E-state index in [4.69, 9.17) is 4.42 Å². The molecule has 0 amide bonds. The summed E-state index contributed by atoms with van der Waals surface area (Å²) in [7, 11) is 0.